The maximum absolute atomic E-state index is 9.81. The first-order valence-corrected chi connectivity index (χ1v) is 4.28. The molecule has 0 radical (unpaired) electrons. The van der Waals surface area contributed by atoms with Crippen LogP contribution in [0.4, 0.5) is 0 Å². The van der Waals surface area contributed by atoms with Crippen LogP contribution in [-0.2, 0) is 20.9 Å². The summed E-state index contributed by atoms with van der Waals surface area (Å²) in [4.78, 5) is 0. The molecular weight excluding hydrogens is 119 g/mol. The van der Waals surface area contributed by atoms with Gasteiger partial charge in [0.05, 0.1) is 0 Å². The molecule has 1 aliphatic heterocycles. The van der Waals surface area contributed by atoms with Crippen molar-refractivity contribution in [1.82, 2.24) is 3.64 Å². The third-order valence-corrected chi connectivity index (χ3v) is 2.82. The Morgan fingerprint density at radius 2 is 2.20 bits per heavy atom. The Hall–Kier alpha value is 0.383. The number of rotatable bonds is 1. The van der Waals surface area contributed by atoms with E-state index in [1.165, 1.54) is 0 Å². The van der Waals surface area contributed by atoms with Gasteiger partial charge in [-0.15, -0.1) is 0 Å². The standard InChI is InChI=1S/C2H4N.O.Zn/c1-2-3-1;;/h1-2H2;;/q-1;;+1. The van der Waals surface area contributed by atoms with Crippen molar-refractivity contribution in [3.63, 3.8) is 0 Å². The van der Waals surface area contributed by atoms with Gasteiger partial charge in [-0.1, -0.05) is 0 Å². The topological polar surface area (TPSA) is 20.1 Å². The Balaban J connectivity index is 2.21. The Labute approximate surface area is 38.3 Å². The number of nitrogens with zero attached hydrogens (tertiary/aromatic N) is 1. The quantitative estimate of drug-likeness (QED) is 0.351. The molecule has 1 fully saturated rings. The first-order valence-electron chi connectivity index (χ1n) is 1.74. The van der Waals surface area contributed by atoms with Crippen molar-refractivity contribution in [2.45, 2.75) is 0 Å². The predicted molar refractivity (Wildman–Crippen MR) is 12.3 cm³/mol. The van der Waals surface area contributed by atoms with Crippen LogP contribution in [0.2, 0.25) is 0 Å². The molecule has 25 valence electrons. The van der Waals surface area contributed by atoms with Gasteiger partial charge in [0.25, 0.3) is 0 Å². The Kier molecular flexibility index (Phi) is 0.879. The van der Waals surface area contributed by atoms with Crippen molar-refractivity contribution in [3.05, 3.63) is 0 Å². The molecule has 0 spiro atoms. The van der Waals surface area contributed by atoms with Gasteiger partial charge in [0, 0.05) is 0 Å². The molecule has 1 heterocycles. The van der Waals surface area contributed by atoms with Gasteiger partial charge in [-0.3, -0.25) is 0 Å². The van der Waals surface area contributed by atoms with E-state index < -0.39 is 17.3 Å². The molecule has 2 nitrogen and oxygen atoms in total. The summed E-state index contributed by atoms with van der Waals surface area (Å²) in [5, 5.41) is 0. The molecule has 0 bridgehead atoms. The van der Waals surface area contributed by atoms with Gasteiger partial charge in [-0.2, -0.15) is 0 Å². The van der Waals surface area contributed by atoms with Crippen LogP contribution in [0.5, 0.6) is 0 Å². The van der Waals surface area contributed by atoms with Crippen molar-refractivity contribution in [2.24, 2.45) is 0 Å². The van der Waals surface area contributed by atoms with E-state index in [0.717, 1.165) is 13.1 Å². The zero-order valence-electron chi connectivity index (χ0n) is 2.98. The third-order valence-electron chi connectivity index (χ3n) is 0.722. The second-order valence-corrected chi connectivity index (χ2v) is 3.67. The molecule has 0 aromatic rings. The van der Waals surface area contributed by atoms with E-state index in [0.29, 0.717) is 0 Å². The van der Waals surface area contributed by atoms with E-state index in [-0.39, 0.29) is 0 Å². The molecule has 0 amide bonds. The van der Waals surface area contributed by atoms with Crippen LogP contribution in [0.15, 0.2) is 0 Å². The average molecular weight is 123 g/mol. The second kappa shape index (κ2) is 1.23. The summed E-state index contributed by atoms with van der Waals surface area (Å²) in [6.07, 6.45) is 0. The van der Waals surface area contributed by atoms with E-state index >= 15 is 0 Å². The van der Waals surface area contributed by atoms with Crippen LogP contribution < -0.4 is 0 Å². The van der Waals surface area contributed by atoms with E-state index in [4.69, 9.17) is 0 Å². The van der Waals surface area contributed by atoms with Crippen molar-refractivity contribution in [2.75, 3.05) is 13.1 Å². The normalized spacial score (nSPS) is 21.6. The molecule has 0 atom stereocenters. The SMILES string of the molecule is [O]=[Zn][N]1CC1. The zero-order valence-corrected chi connectivity index (χ0v) is 5.94. The van der Waals surface area contributed by atoms with Gasteiger partial charge in [-0.05, 0) is 0 Å². The van der Waals surface area contributed by atoms with E-state index in [2.05, 4.69) is 0 Å². The summed E-state index contributed by atoms with van der Waals surface area (Å²) in [5.41, 5.74) is 0. The molecule has 0 unspecified atom stereocenters. The molecule has 0 N–H and O–H groups in total. The van der Waals surface area contributed by atoms with Crippen molar-refractivity contribution in [1.29, 1.82) is 0 Å². The molecule has 1 saturated heterocycles. The first kappa shape index (κ1) is 3.57. The summed E-state index contributed by atoms with van der Waals surface area (Å²) in [6, 6.07) is 0. The van der Waals surface area contributed by atoms with Gasteiger partial charge in [0.15, 0.2) is 0 Å². The van der Waals surface area contributed by atoms with Crippen LogP contribution in [0.25, 0.3) is 0 Å². The number of hydrogen-bond acceptors (Lipinski definition) is 1. The summed E-state index contributed by atoms with van der Waals surface area (Å²) >= 11 is -1.29. The Morgan fingerprint density at radius 3 is 2.20 bits per heavy atom. The first-order chi connectivity index (χ1) is 2.43. The van der Waals surface area contributed by atoms with Crippen LogP contribution in [-0.4, -0.2) is 16.7 Å². The van der Waals surface area contributed by atoms with E-state index in [1.54, 1.807) is 0 Å². The molecule has 0 aromatic carbocycles. The van der Waals surface area contributed by atoms with E-state index in [1.807, 2.05) is 3.64 Å². The minimum atomic E-state index is -1.29. The van der Waals surface area contributed by atoms with Crippen molar-refractivity contribution >= 4 is 0 Å². The fraction of sp³-hybridized carbons (Fsp3) is 1.00. The van der Waals surface area contributed by atoms with E-state index in [9.17, 15) is 3.57 Å². The fourth-order valence-electron chi connectivity index (χ4n) is 0.200. The van der Waals surface area contributed by atoms with Crippen molar-refractivity contribution in [3.8, 4) is 0 Å². The maximum atomic E-state index is 9.81. The molecule has 1 rings (SSSR count). The minimum absolute atomic E-state index is 1.11. The zero-order chi connectivity index (χ0) is 3.70. The van der Waals surface area contributed by atoms with Crippen LogP contribution in [0.1, 0.15) is 0 Å². The van der Waals surface area contributed by atoms with Gasteiger partial charge in [0.2, 0.25) is 0 Å². The van der Waals surface area contributed by atoms with Crippen molar-refractivity contribution < 1.29 is 20.9 Å². The summed E-state index contributed by atoms with van der Waals surface area (Å²) in [6.45, 7) is 2.23. The molecule has 1 aliphatic rings. The van der Waals surface area contributed by atoms with Gasteiger partial charge in [-0.25, -0.2) is 0 Å². The molecular formula is C2H4NOZn. The monoisotopic (exact) mass is 122 g/mol. The molecule has 5 heavy (non-hydrogen) atoms. The van der Waals surface area contributed by atoms with Crippen LogP contribution >= 0.6 is 0 Å². The summed E-state index contributed by atoms with van der Waals surface area (Å²) in [5.74, 6) is 0. The number of hydrogen-bond donors (Lipinski definition) is 0. The van der Waals surface area contributed by atoms with Crippen LogP contribution in [0.3, 0.4) is 0 Å². The third kappa shape index (κ3) is 0.859. The van der Waals surface area contributed by atoms with Gasteiger partial charge in [0.1, 0.15) is 0 Å². The molecule has 0 aliphatic carbocycles. The summed E-state index contributed by atoms with van der Waals surface area (Å²) < 4.78 is 11.8. The second-order valence-electron chi connectivity index (χ2n) is 1.25. The van der Waals surface area contributed by atoms with Crippen LogP contribution in [0, 0.1) is 0 Å². The van der Waals surface area contributed by atoms with Gasteiger partial charge >= 0.3 is 37.6 Å². The van der Waals surface area contributed by atoms with Gasteiger partial charge < -0.3 is 0 Å². The summed E-state index contributed by atoms with van der Waals surface area (Å²) in [7, 11) is 0. The predicted octanol–water partition coefficient (Wildman–Crippen LogP) is -0.355. The molecule has 0 aromatic heterocycles. The average Bonchev–Trinajstić information content (AvgIpc) is 2.12. The Morgan fingerprint density at radius 1 is 1.60 bits per heavy atom. The molecule has 3 heteroatoms. The fourth-order valence-corrected chi connectivity index (χ4v) is 1.04. The molecule has 0 saturated carbocycles. The Bertz CT molecular complexity index is 51.6.